The second kappa shape index (κ2) is 6.27. The van der Waals surface area contributed by atoms with E-state index in [1.807, 2.05) is 13.8 Å². The third kappa shape index (κ3) is 7.00. The Kier molecular flexibility index (Phi) is 6.55. The summed E-state index contributed by atoms with van der Waals surface area (Å²) in [6.07, 6.45) is 1.34. The van der Waals surface area contributed by atoms with E-state index in [4.69, 9.17) is 0 Å². The van der Waals surface area contributed by atoms with Gasteiger partial charge in [0.1, 0.15) is 0 Å². The molecular weight excluding hydrogens is 310 g/mol. The van der Waals surface area contributed by atoms with Gasteiger partial charge in [0.25, 0.3) is 0 Å². The molecule has 0 heterocycles. The molecule has 0 saturated carbocycles. The van der Waals surface area contributed by atoms with Crippen LogP contribution < -0.4 is 0 Å². The first-order chi connectivity index (χ1) is 6.33. The first-order valence-electron chi connectivity index (χ1n) is 4.94. The van der Waals surface area contributed by atoms with E-state index in [-0.39, 0.29) is 10.4 Å². The predicted molar refractivity (Wildman–Crippen MR) is 57.1 cm³/mol. The molecular formula is C8H20As2O4. The Morgan fingerprint density at radius 1 is 0.786 bits per heavy atom. The third-order valence-corrected chi connectivity index (χ3v) is 12.3. The second-order valence-corrected chi connectivity index (χ2v) is 14.4. The van der Waals surface area contributed by atoms with E-state index < -0.39 is 27.7 Å². The van der Waals surface area contributed by atoms with Gasteiger partial charge in [0.15, 0.2) is 0 Å². The molecule has 14 heavy (non-hydrogen) atoms. The number of hydrogen-bond donors (Lipinski definition) is 2. The summed E-state index contributed by atoms with van der Waals surface area (Å²) in [5.74, 6) is 0. The summed E-state index contributed by atoms with van der Waals surface area (Å²) in [6, 6.07) is 0. The van der Waals surface area contributed by atoms with Gasteiger partial charge < -0.3 is 0 Å². The summed E-state index contributed by atoms with van der Waals surface area (Å²) in [7, 11) is 0. The van der Waals surface area contributed by atoms with Crippen LogP contribution in [0.3, 0.4) is 0 Å². The molecule has 0 aromatic rings. The van der Waals surface area contributed by atoms with Gasteiger partial charge in [0.2, 0.25) is 0 Å². The van der Waals surface area contributed by atoms with Crippen LogP contribution in [-0.2, 0) is 7.48 Å². The summed E-state index contributed by atoms with van der Waals surface area (Å²) in [5, 5.41) is 0.776. The zero-order valence-corrected chi connectivity index (χ0v) is 12.6. The Labute approximate surface area is 90.8 Å². The van der Waals surface area contributed by atoms with Crippen LogP contribution in [0.15, 0.2) is 0 Å². The molecule has 86 valence electrons. The van der Waals surface area contributed by atoms with Crippen LogP contribution in [0.5, 0.6) is 0 Å². The van der Waals surface area contributed by atoms with Crippen molar-refractivity contribution in [2.45, 2.75) is 47.5 Å². The van der Waals surface area contributed by atoms with Crippen LogP contribution >= 0.6 is 0 Å². The van der Waals surface area contributed by atoms with E-state index in [1.165, 1.54) is 0 Å². The molecule has 0 spiro atoms. The fourth-order valence-corrected chi connectivity index (χ4v) is 13.2. The van der Waals surface area contributed by atoms with Gasteiger partial charge in [0.05, 0.1) is 0 Å². The minimum atomic E-state index is -3.74. The van der Waals surface area contributed by atoms with Gasteiger partial charge in [0, 0.05) is 0 Å². The molecule has 0 aliphatic carbocycles. The van der Waals surface area contributed by atoms with Crippen LogP contribution in [0, 0.1) is 0 Å². The number of rotatable bonds is 7. The summed E-state index contributed by atoms with van der Waals surface area (Å²) in [5.41, 5.74) is 0. The maximum atomic E-state index is 11.5. The molecule has 4 nitrogen and oxygen atoms in total. The zero-order chi connectivity index (χ0) is 11.2. The van der Waals surface area contributed by atoms with E-state index in [2.05, 4.69) is 0 Å². The van der Waals surface area contributed by atoms with E-state index in [0.29, 0.717) is 23.3 Å². The van der Waals surface area contributed by atoms with Crippen molar-refractivity contribution >= 4 is 27.7 Å². The summed E-state index contributed by atoms with van der Waals surface area (Å²) < 4.78 is 41.8. The third-order valence-electron chi connectivity index (χ3n) is 1.94. The van der Waals surface area contributed by atoms with Crippen molar-refractivity contribution in [2.75, 3.05) is 0 Å². The first kappa shape index (κ1) is 14.6. The van der Waals surface area contributed by atoms with Gasteiger partial charge in [-0.25, -0.2) is 0 Å². The molecule has 0 aromatic heterocycles. The van der Waals surface area contributed by atoms with Crippen LogP contribution in [-0.4, -0.2) is 35.9 Å². The molecule has 2 N–H and O–H groups in total. The second-order valence-electron chi connectivity index (χ2n) is 3.59. The molecule has 0 amide bonds. The Morgan fingerprint density at radius 3 is 1.29 bits per heavy atom. The fourth-order valence-electron chi connectivity index (χ4n) is 1.23. The van der Waals surface area contributed by atoms with Gasteiger partial charge in [-0.2, -0.15) is 0 Å². The van der Waals surface area contributed by atoms with E-state index in [1.54, 1.807) is 0 Å². The predicted octanol–water partition coefficient (Wildman–Crippen LogP) is 1.54. The Hall–Kier alpha value is 0.637. The van der Waals surface area contributed by atoms with Crippen molar-refractivity contribution < 1.29 is 15.7 Å². The molecule has 2 unspecified atom stereocenters. The molecule has 0 aliphatic heterocycles. The topological polar surface area (TPSA) is 74.6 Å². The molecule has 0 saturated heterocycles. The Balaban J connectivity index is 4.04. The standard InChI is InChI=1S/C8H20As2O4/c1-3-5-9(11,12)7-8-10(13,14)6-4-2/h3-8H2,1-2H3,(H,11,12)(H,13,14). The molecule has 0 rings (SSSR count). The van der Waals surface area contributed by atoms with Gasteiger partial charge in [-0.3, -0.25) is 0 Å². The van der Waals surface area contributed by atoms with Crippen LogP contribution in [0.2, 0.25) is 20.8 Å². The fraction of sp³-hybridized carbons (Fsp3) is 1.00. The van der Waals surface area contributed by atoms with E-state index >= 15 is 0 Å². The summed E-state index contributed by atoms with van der Waals surface area (Å²) in [4.78, 5) is 0. The van der Waals surface area contributed by atoms with Crippen molar-refractivity contribution in [1.29, 1.82) is 0 Å². The molecule has 6 heteroatoms. The SMILES string of the molecule is CCC[As](=O)(O)CC[As](=O)(O)CCC. The molecule has 0 bridgehead atoms. The number of hydrogen-bond acceptors (Lipinski definition) is 2. The molecule has 0 fully saturated rings. The zero-order valence-electron chi connectivity index (χ0n) is 8.85. The van der Waals surface area contributed by atoms with Crippen molar-refractivity contribution in [2.24, 2.45) is 0 Å². The van der Waals surface area contributed by atoms with Gasteiger partial charge in [-0.1, -0.05) is 0 Å². The van der Waals surface area contributed by atoms with Crippen LogP contribution in [0.1, 0.15) is 26.7 Å². The summed E-state index contributed by atoms with van der Waals surface area (Å²) in [6.45, 7) is 3.69. The minimum absolute atomic E-state index is 0.0685. The monoisotopic (exact) mass is 330 g/mol. The molecule has 0 radical (unpaired) electrons. The Morgan fingerprint density at radius 2 is 1.07 bits per heavy atom. The van der Waals surface area contributed by atoms with E-state index in [0.717, 1.165) is 0 Å². The summed E-state index contributed by atoms with van der Waals surface area (Å²) >= 11 is -7.48. The molecule has 2 atom stereocenters. The van der Waals surface area contributed by atoms with Gasteiger partial charge in [-0.05, 0) is 0 Å². The first-order valence-corrected chi connectivity index (χ1v) is 13.5. The van der Waals surface area contributed by atoms with Gasteiger partial charge in [-0.15, -0.1) is 0 Å². The van der Waals surface area contributed by atoms with Crippen LogP contribution in [0.4, 0.5) is 0 Å². The van der Waals surface area contributed by atoms with Gasteiger partial charge >= 0.3 is 90.9 Å². The molecule has 0 aliphatic rings. The average Bonchev–Trinajstić information content (AvgIpc) is 2.01. The van der Waals surface area contributed by atoms with E-state index in [9.17, 15) is 15.7 Å². The average molecular weight is 330 g/mol. The maximum absolute atomic E-state index is 11.5. The normalized spacial score (nSPS) is 20.0. The quantitative estimate of drug-likeness (QED) is 0.695. The molecule has 0 aromatic carbocycles. The van der Waals surface area contributed by atoms with Crippen molar-refractivity contribution in [1.82, 2.24) is 0 Å². The van der Waals surface area contributed by atoms with Crippen molar-refractivity contribution in [3.63, 3.8) is 0 Å². The van der Waals surface area contributed by atoms with Crippen molar-refractivity contribution in [3.05, 3.63) is 0 Å². The van der Waals surface area contributed by atoms with Crippen LogP contribution in [0.25, 0.3) is 0 Å². The van der Waals surface area contributed by atoms with Crippen molar-refractivity contribution in [3.8, 4) is 0 Å². The Bertz CT molecular complexity index is 226.